The molecule has 2 aromatic carbocycles. The molecule has 0 spiro atoms. The van der Waals surface area contributed by atoms with E-state index >= 15 is 0 Å². The fourth-order valence-corrected chi connectivity index (χ4v) is 6.78. The number of amides is 2. The summed E-state index contributed by atoms with van der Waals surface area (Å²) in [5.74, 6) is 0.866. The molecule has 42 heavy (non-hydrogen) atoms. The fraction of sp³-hybridized carbons (Fsp3) is 0.393. The lowest BCUT2D eigenvalue weighted by Gasteiger charge is -2.34. The lowest BCUT2D eigenvalue weighted by Crippen LogP contribution is -2.44. The van der Waals surface area contributed by atoms with E-state index in [9.17, 15) is 26.4 Å². The third-order valence-electron chi connectivity index (χ3n) is 7.35. The van der Waals surface area contributed by atoms with E-state index in [2.05, 4.69) is 10.2 Å². The van der Waals surface area contributed by atoms with Crippen molar-refractivity contribution in [3.63, 3.8) is 0 Å². The summed E-state index contributed by atoms with van der Waals surface area (Å²) in [5, 5.41) is 13.4. The quantitative estimate of drug-likeness (QED) is 0.353. The molecule has 2 aliphatic rings. The van der Waals surface area contributed by atoms with Gasteiger partial charge in [-0.1, -0.05) is 18.2 Å². The van der Waals surface area contributed by atoms with Crippen LogP contribution in [-0.4, -0.2) is 74.1 Å². The van der Waals surface area contributed by atoms with Gasteiger partial charge in [-0.3, -0.25) is 0 Å². The first kappa shape index (κ1) is 29.7. The Bertz CT molecular complexity index is 1530. The average Bonchev–Trinajstić information content (AvgIpc) is 3.79. The summed E-state index contributed by atoms with van der Waals surface area (Å²) in [5.41, 5.74) is 1.22. The maximum absolute atomic E-state index is 13.8. The number of hydrogen-bond acceptors (Lipinski definition) is 8. The number of aliphatic hydroxyl groups is 1. The smallest absolute Gasteiger partial charge is 0.382 e. The van der Waals surface area contributed by atoms with Gasteiger partial charge in [0.2, 0.25) is 0 Å². The van der Waals surface area contributed by atoms with Gasteiger partial charge in [-0.05, 0) is 56.2 Å². The molecule has 14 heteroatoms. The highest BCUT2D eigenvalue weighted by atomic mass is 32.2. The summed E-state index contributed by atoms with van der Waals surface area (Å²) in [6.45, 7) is 2.55. The summed E-state index contributed by atoms with van der Waals surface area (Å²) >= 11 is 0. The molecule has 2 fully saturated rings. The summed E-state index contributed by atoms with van der Waals surface area (Å²) in [6, 6.07) is 15.4. The number of ether oxygens (including phenoxy) is 1. The molecule has 0 bridgehead atoms. The van der Waals surface area contributed by atoms with Crippen LogP contribution in [0.2, 0.25) is 0 Å². The van der Waals surface area contributed by atoms with Gasteiger partial charge < -0.3 is 25.4 Å². The maximum Gasteiger partial charge on any atom is 0.416 e. The molecule has 224 valence electrons. The Hall–Kier alpha value is -3.75. The first-order valence-corrected chi connectivity index (χ1v) is 14.8. The van der Waals surface area contributed by atoms with Gasteiger partial charge in [-0.25, -0.2) is 23.2 Å². The predicted octanol–water partition coefficient (Wildman–Crippen LogP) is 3.88. The molecule has 1 saturated heterocycles. The average molecular weight is 606 g/mol. The van der Waals surface area contributed by atoms with Crippen molar-refractivity contribution < 1.29 is 36.2 Å². The van der Waals surface area contributed by atoms with Crippen molar-refractivity contribution in [3.05, 3.63) is 66.4 Å². The van der Waals surface area contributed by atoms with Crippen LogP contribution in [0.3, 0.4) is 0 Å². The van der Waals surface area contributed by atoms with Gasteiger partial charge in [0.15, 0.2) is 21.8 Å². The lowest BCUT2D eigenvalue weighted by molar-refractivity contribution is -0.201. The number of nitrogens with one attached hydrogen (secondary N) is 2. The fourth-order valence-electron chi connectivity index (χ4n) is 4.80. The van der Waals surface area contributed by atoms with E-state index in [-0.39, 0.29) is 16.6 Å². The van der Waals surface area contributed by atoms with E-state index in [1.54, 1.807) is 48.5 Å². The van der Waals surface area contributed by atoms with Crippen LogP contribution in [0.4, 0.5) is 29.5 Å². The highest BCUT2D eigenvalue weighted by Gasteiger charge is 2.58. The van der Waals surface area contributed by atoms with Crippen LogP contribution in [0, 0.1) is 0 Å². The molecule has 1 unspecified atom stereocenters. The Morgan fingerprint density at radius 3 is 2.45 bits per heavy atom. The topological polar surface area (TPSA) is 134 Å². The number of hydrogen-bond donors (Lipinski definition) is 3. The van der Waals surface area contributed by atoms with Crippen LogP contribution < -0.4 is 15.5 Å². The third kappa shape index (κ3) is 6.05. The number of anilines is 2. The number of rotatable bonds is 8. The third-order valence-corrected chi connectivity index (χ3v) is 9.89. The largest absolute Gasteiger partial charge is 0.416 e. The Labute approximate surface area is 240 Å². The van der Waals surface area contributed by atoms with E-state index < -0.39 is 39.4 Å². The van der Waals surface area contributed by atoms with Gasteiger partial charge in [-0.15, -0.1) is 0 Å². The molecule has 5 rings (SSSR count). The standard InChI is InChI=1S/C28H30F3N5O5S/c1-18-17-41-14-13-36(18)24-15-22(27(11-12-27)42(39,40)21-5-3-2-4-6-21)34-25(35-24)19-7-9-20(10-8-19)33-26(38)32-16-23(37)28(29,30)31/h2-10,15,18,23,37H,11-14,16-17H2,1H3,(H2,32,33,38)/t18-,23?/m0/s1. The molecule has 2 amide bonds. The molecule has 3 aromatic rings. The number of urea groups is 1. The van der Waals surface area contributed by atoms with Gasteiger partial charge in [0.25, 0.3) is 0 Å². The van der Waals surface area contributed by atoms with Crippen molar-refractivity contribution in [2.24, 2.45) is 0 Å². The highest BCUT2D eigenvalue weighted by molar-refractivity contribution is 7.92. The van der Waals surface area contributed by atoms with Crippen LogP contribution in [0.1, 0.15) is 25.5 Å². The number of carbonyl (C=O) groups is 1. The van der Waals surface area contributed by atoms with Gasteiger partial charge in [0, 0.05) is 23.9 Å². The van der Waals surface area contributed by atoms with Gasteiger partial charge in [0.05, 0.1) is 36.4 Å². The second kappa shape index (κ2) is 11.5. The van der Waals surface area contributed by atoms with Gasteiger partial charge >= 0.3 is 12.2 Å². The van der Waals surface area contributed by atoms with E-state index in [0.717, 1.165) is 0 Å². The molecule has 1 aromatic heterocycles. The minimum Gasteiger partial charge on any atom is -0.382 e. The van der Waals surface area contributed by atoms with E-state index in [1.807, 2.05) is 12.2 Å². The summed E-state index contributed by atoms with van der Waals surface area (Å²) in [7, 11) is -3.76. The number of carbonyl (C=O) groups excluding carboxylic acids is 1. The molecular weight excluding hydrogens is 575 g/mol. The number of aliphatic hydroxyl groups excluding tert-OH is 1. The number of alkyl halides is 3. The summed E-state index contributed by atoms with van der Waals surface area (Å²) in [6.07, 6.45) is -6.70. The zero-order chi connectivity index (χ0) is 30.1. The van der Waals surface area contributed by atoms with E-state index in [0.29, 0.717) is 55.5 Å². The van der Waals surface area contributed by atoms with Crippen molar-refractivity contribution in [3.8, 4) is 11.4 Å². The Morgan fingerprint density at radius 1 is 1.14 bits per heavy atom. The van der Waals surface area contributed by atoms with Crippen molar-refractivity contribution in [1.29, 1.82) is 0 Å². The van der Waals surface area contributed by atoms with Crippen molar-refractivity contribution in [2.45, 2.75) is 47.7 Å². The monoisotopic (exact) mass is 605 g/mol. The minimum absolute atomic E-state index is 0.00353. The van der Waals surface area contributed by atoms with Crippen LogP contribution >= 0.6 is 0 Å². The lowest BCUT2D eigenvalue weighted by atomic mass is 10.1. The van der Waals surface area contributed by atoms with E-state index in [4.69, 9.17) is 19.8 Å². The van der Waals surface area contributed by atoms with Crippen LogP contribution in [-0.2, 0) is 19.3 Å². The molecule has 3 N–H and O–H groups in total. The summed E-state index contributed by atoms with van der Waals surface area (Å²) < 4.78 is 69.4. The number of sulfone groups is 1. The number of nitrogens with zero attached hydrogens (tertiary/aromatic N) is 3. The molecular formula is C28H30F3N5O5S. The highest BCUT2D eigenvalue weighted by Crippen LogP contribution is 2.55. The van der Waals surface area contributed by atoms with Crippen LogP contribution in [0.15, 0.2) is 65.6 Å². The first-order valence-electron chi connectivity index (χ1n) is 13.3. The predicted molar refractivity (Wildman–Crippen MR) is 149 cm³/mol. The van der Waals surface area contributed by atoms with Gasteiger partial charge in [0.1, 0.15) is 10.6 Å². The zero-order valence-electron chi connectivity index (χ0n) is 22.6. The molecule has 0 radical (unpaired) electrons. The Morgan fingerprint density at radius 2 is 1.83 bits per heavy atom. The van der Waals surface area contributed by atoms with Gasteiger partial charge in [-0.2, -0.15) is 13.2 Å². The number of aromatic nitrogens is 2. The van der Waals surface area contributed by atoms with Crippen molar-refractivity contribution in [2.75, 3.05) is 36.5 Å². The molecule has 10 nitrogen and oxygen atoms in total. The zero-order valence-corrected chi connectivity index (χ0v) is 23.5. The maximum atomic E-state index is 13.8. The number of benzene rings is 2. The normalized spacial score (nSPS) is 19.2. The Kier molecular flexibility index (Phi) is 8.14. The molecule has 1 aliphatic carbocycles. The SMILES string of the molecule is C[C@H]1COCCN1c1cc(C2(S(=O)(=O)c3ccccc3)CC2)nc(-c2ccc(NC(=O)NCC(O)C(F)(F)F)cc2)n1. The van der Waals surface area contributed by atoms with Crippen molar-refractivity contribution >= 4 is 27.4 Å². The molecule has 1 aliphatic heterocycles. The molecule has 2 atom stereocenters. The van der Waals surface area contributed by atoms with Crippen LogP contribution in [0.5, 0.6) is 0 Å². The first-order chi connectivity index (χ1) is 19.9. The second-order valence-electron chi connectivity index (χ2n) is 10.3. The second-order valence-corrected chi connectivity index (χ2v) is 12.6. The minimum atomic E-state index is -4.85. The van der Waals surface area contributed by atoms with E-state index in [1.165, 1.54) is 12.1 Å². The number of morpholine rings is 1. The molecule has 1 saturated carbocycles. The van der Waals surface area contributed by atoms with Crippen molar-refractivity contribution in [1.82, 2.24) is 15.3 Å². The molecule has 2 heterocycles. The Balaban J connectivity index is 1.44. The van der Waals surface area contributed by atoms with Crippen LogP contribution in [0.25, 0.3) is 11.4 Å². The number of halogens is 3. The summed E-state index contributed by atoms with van der Waals surface area (Å²) in [4.78, 5) is 23.8.